The van der Waals surface area contributed by atoms with Crippen molar-refractivity contribution in [1.29, 1.82) is 0 Å². The van der Waals surface area contributed by atoms with Crippen LogP contribution in [0, 0.1) is 5.82 Å². The highest BCUT2D eigenvalue weighted by atomic mass is 35.5. The number of hydrogen-bond acceptors (Lipinski definition) is 9. The number of hydrogen-bond donors (Lipinski definition) is 2. The Labute approximate surface area is 218 Å². The fourth-order valence-corrected chi connectivity index (χ4v) is 4.56. The maximum Gasteiger partial charge on any atom is 0.408 e. The number of nitrogens with one attached hydrogen (secondary N) is 2. The third kappa shape index (κ3) is 7.77. The number of thiophene rings is 1. The third-order valence-corrected chi connectivity index (χ3v) is 6.57. The number of alkyl carbamates (subject to hydrolysis) is 1. The van der Waals surface area contributed by atoms with Crippen LogP contribution in [-0.4, -0.2) is 52.6 Å². The second-order valence-corrected chi connectivity index (χ2v) is 10.9. The van der Waals surface area contributed by atoms with Crippen LogP contribution in [0.25, 0.3) is 0 Å². The highest BCUT2D eigenvalue weighted by molar-refractivity contribution is 7.16. The molecule has 0 aromatic carbocycles. The quantitative estimate of drug-likeness (QED) is 0.464. The van der Waals surface area contributed by atoms with Gasteiger partial charge in [-0.3, -0.25) is 19.1 Å². The molecule has 198 valence electrons. The number of halogens is 3. The van der Waals surface area contributed by atoms with E-state index in [9.17, 15) is 23.6 Å². The fourth-order valence-electron chi connectivity index (χ4n) is 3.21. The first-order valence-corrected chi connectivity index (χ1v) is 12.2. The lowest BCUT2D eigenvalue weighted by Crippen LogP contribution is -2.37. The molecule has 1 saturated heterocycles. The second kappa shape index (κ2) is 11.7. The lowest BCUT2D eigenvalue weighted by atomic mass is 10.2. The maximum atomic E-state index is 13.8. The number of aromatic nitrogens is 2. The van der Waals surface area contributed by atoms with Gasteiger partial charge in [0.25, 0.3) is 5.56 Å². The molecule has 15 heteroatoms. The summed E-state index contributed by atoms with van der Waals surface area (Å²) in [5.74, 6) is -1.93. The number of carbonyl (C=O) groups is 2. The number of carbonyl (C=O) groups excluding carboxylic acids is 2. The maximum absolute atomic E-state index is 13.8. The lowest BCUT2D eigenvalue weighted by molar-refractivity contribution is -0.150. The van der Waals surface area contributed by atoms with Crippen LogP contribution in [0.15, 0.2) is 21.9 Å². The van der Waals surface area contributed by atoms with Crippen molar-refractivity contribution in [2.24, 2.45) is 0 Å². The van der Waals surface area contributed by atoms with Gasteiger partial charge in [0.15, 0.2) is 0 Å². The van der Waals surface area contributed by atoms with Gasteiger partial charge in [-0.2, -0.15) is 4.39 Å². The van der Waals surface area contributed by atoms with Crippen molar-refractivity contribution in [2.75, 3.05) is 13.2 Å². The van der Waals surface area contributed by atoms with Gasteiger partial charge < -0.3 is 24.3 Å². The van der Waals surface area contributed by atoms with E-state index in [-0.39, 0.29) is 19.6 Å². The van der Waals surface area contributed by atoms with Crippen molar-refractivity contribution < 1.29 is 32.9 Å². The Kier molecular flexibility index (Phi) is 9.17. The van der Waals surface area contributed by atoms with Crippen molar-refractivity contribution in [3.8, 4) is 0 Å². The van der Waals surface area contributed by atoms with Crippen molar-refractivity contribution in [1.82, 2.24) is 14.9 Å². The highest BCUT2D eigenvalue weighted by Gasteiger charge is 2.39. The van der Waals surface area contributed by atoms with Crippen molar-refractivity contribution in [3.05, 3.63) is 53.2 Å². The zero-order valence-corrected chi connectivity index (χ0v) is 21.8. The van der Waals surface area contributed by atoms with Gasteiger partial charge in [0, 0.05) is 11.3 Å². The van der Waals surface area contributed by atoms with Crippen LogP contribution in [0.3, 0.4) is 0 Å². The standard InChI is InChI=1S/C21H24Cl2FN3O8S/c1-21(2,3)35-20(31)25-6-16(28)33-9-14-13(32-8-10-4-11(22)17(23)36-10)5-15(34-14)27-7-12(24)18(29)26-19(27)30/h4,7,13-15H,5-6,8-9H2,1-3H3,(H,25,31)(H,26,29,30)/t13-,14+,15+/m0/s1. The van der Waals surface area contributed by atoms with Gasteiger partial charge in [0.1, 0.15) is 35.4 Å². The van der Waals surface area contributed by atoms with Gasteiger partial charge in [-0.05, 0) is 26.8 Å². The Bertz CT molecular complexity index is 1210. The Hall–Kier alpha value is -2.45. The zero-order valence-electron chi connectivity index (χ0n) is 19.5. The Morgan fingerprint density at radius 3 is 2.69 bits per heavy atom. The van der Waals surface area contributed by atoms with Gasteiger partial charge in [0.2, 0.25) is 5.82 Å². The van der Waals surface area contributed by atoms with Crippen molar-refractivity contribution in [3.63, 3.8) is 0 Å². The molecule has 2 N–H and O–H groups in total. The molecule has 36 heavy (non-hydrogen) atoms. The van der Waals surface area contributed by atoms with Crippen molar-refractivity contribution >= 4 is 46.6 Å². The minimum Gasteiger partial charge on any atom is -0.461 e. The third-order valence-electron chi connectivity index (χ3n) is 4.74. The van der Waals surface area contributed by atoms with Crippen LogP contribution in [-0.2, 0) is 30.3 Å². The number of rotatable bonds is 8. The lowest BCUT2D eigenvalue weighted by Gasteiger charge is -2.20. The summed E-state index contributed by atoms with van der Waals surface area (Å²) in [5, 5.41) is 2.66. The van der Waals surface area contributed by atoms with Crippen molar-refractivity contribution in [2.45, 2.75) is 57.8 Å². The molecule has 3 heterocycles. The van der Waals surface area contributed by atoms with Crippen LogP contribution in [0.2, 0.25) is 9.36 Å². The fraction of sp³-hybridized carbons (Fsp3) is 0.524. The summed E-state index contributed by atoms with van der Waals surface area (Å²) < 4.78 is 37.0. The average Bonchev–Trinajstić information content (AvgIpc) is 3.32. The van der Waals surface area contributed by atoms with Gasteiger partial charge >= 0.3 is 17.8 Å². The largest absolute Gasteiger partial charge is 0.461 e. The molecular weight excluding hydrogens is 544 g/mol. The van der Waals surface area contributed by atoms with E-state index < -0.39 is 59.7 Å². The number of esters is 1. The van der Waals surface area contributed by atoms with Gasteiger partial charge in [-0.1, -0.05) is 23.2 Å². The van der Waals surface area contributed by atoms with Crippen LogP contribution in [0.4, 0.5) is 9.18 Å². The van der Waals surface area contributed by atoms with E-state index in [0.717, 1.165) is 15.6 Å². The molecule has 1 aliphatic rings. The minimum atomic E-state index is -1.17. The molecule has 0 spiro atoms. The monoisotopic (exact) mass is 567 g/mol. The number of nitrogens with zero attached hydrogens (tertiary/aromatic N) is 1. The SMILES string of the molecule is CC(C)(C)OC(=O)NCC(=O)OC[C@H]1O[C@@H](n2cc(F)c(=O)[nH]c2=O)C[C@@H]1OCc1cc(Cl)c(Cl)s1. The zero-order chi connectivity index (χ0) is 26.6. The molecule has 1 aliphatic heterocycles. The molecule has 2 aromatic heterocycles. The van der Waals surface area contributed by atoms with Gasteiger partial charge in [-0.25, -0.2) is 9.59 Å². The summed E-state index contributed by atoms with van der Waals surface area (Å²) in [6.07, 6.45) is -2.52. The molecule has 0 radical (unpaired) electrons. The summed E-state index contributed by atoms with van der Waals surface area (Å²) in [7, 11) is 0. The van der Waals surface area contributed by atoms with Crippen LogP contribution < -0.4 is 16.6 Å². The molecule has 1 fully saturated rings. The molecule has 1 amide bonds. The van der Waals surface area contributed by atoms with E-state index >= 15 is 0 Å². The molecular formula is C21H24Cl2FN3O8S. The topological polar surface area (TPSA) is 138 Å². The van der Waals surface area contributed by atoms with E-state index in [0.29, 0.717) is 9.36 Å². The number of aromatic amines is 1. The Morgan fingerprint density at radius 2 is 2.06 bits per heavy atom. The average molecular weight is 568 g/mol. The van der Waals surface area contributed by atoms with E-state index in [2.05, 4.69) is 5.32 Å². The van der Waals surface area contributed by atoms with Gasteiger partial charge in [-0.15, -0.1) is 11.3 Å². The molecule has 0 bridgehead atoms. The first-order valence-electron chi connectivity index (χ1n) is 10.7. The molecule has 3 atom stereocenters. The molecule has 2 aromatic rings. The number of amides is 1. The molecule has 0 aliphatic carbocycles. The minimum absolute atomic E-state index is 0.0800. The van der Waals surface area contributed by atoms with E-state index in [4.69, 9.17) is 42.1 Å². The second-order valence-electron chi connectivity index (χ2n) is 8.73. The summed E-state index contributed by atoms with van der Waals surface area (Å²) in [6, 6.07) is 1.64. The van der Waals surface area contributed by atoms with E-state index in [1.165, 1.54) is 11.3 Å². The smallest absolute Gasteiger partial charge is 0.408 e. The number of H-pyrrole nitrogens is 1. The summed E-state index contributed by atoms with van der Waals surface area (Å²) in [5.41, 5.74) is -2.76. The predicted octanol–water partition coefficient (Wildman–Crippen LogP) is 2.98. The van der Waals surface area contributed by atoms with Crippen LogP contribution in [0.1, 0.15) is 38.3 Å². The summed E-state index contributed by atoms with van der Waals surface area (Å²) in [6.45, 7) is 4.39. The van der Waals surface area contributed by atoms with Crippen LogP contribution >= 0.6 is 34.5 Å². The van der Waals surface area contributed by atoms with E-state index in [1.54, 1.807) is 26.8 Å². The van der Waals surface area contributed by atoms with Gasteiger partial charge in [0.05, 0.1) is 23.9 Å². The molecule has 3 rings (SSSR count). The Balaban J connectivity index is 1.65. The normalized spacial score (nSPS) is 19.8. The van der Waals surface area contributed by atoms with Crippen LogP contribution in [0.5, 0.6) is 0 Å². The van der Waals surface area contributed by atoms with E-state index in [1.807, 2.05) is 4.98 Å². The highest BCUT2D eigenvalue weighted by Crippen LogP contribution is 2.34. The summed E-state index contributed by atoms with van der Waals surface area (Å²) >= 11 is 13.2. The number of ether oxygens (including phenoxy) is 4. The predicted molar refractivity (Wildman–Crippen MR) is 128 cm³/mol. The molecule has 0 unspecified atom stereocenters. The first-order chi connectivity index (χ1) is 16.8. The molecule has 0 saturated carbocycles. The Morgan fingerprint density at radius 1 is 1.33 bits per heavy atom. The first kappa shape index (κ1) is 28.1. The molecule has 11 nitrogen and oxygen atoms in total. The summed E-state index contributed by atoms with van der Waals surface area (Å²) in [4.78, 5) is 50.0.